The fraction of sp³-hybridized carbons (Fsp3) is 0.464. The molecule has 36 heavy (non-hydrogen) atoms. The molecular weight excluding hydrogens is 501 g/mol. The molecule has 0 saturated heterocycles. The second-order valence-electron chi connectivity index (χ2n) is 13.1. The van der Waals surface area contributed by atoms with Gasteiger partial charge < -0.3 is 4.23 Å². The predicted octanol–water partition coefficient (Wildman–Crippen LogP) is 7.32. The number of benzene rings is 2. The minimum atomic E-state index is -3.78. The maximum atomic E-state index is 13.6. The summed E-state index contributed by atoms with van der Waals surface area (Å²) in [4.78, 5) is 13.8. The van der Waals surface area contributed by atoms with E-state index in [1.54, 1.807) is 19.1 Å². The molecule has 0 aliphatic carbocycles. The first-order chi connectivity index (χ1) is 16.2. The lowest BCUT2D eigenvalue weighted by molar-refractivity contribution is 0.103. The maximum Gasteiger partial charge on any atom is 0.234 e. The summed E-state index contributed by atoms with van der Waals surface area (Å²) in [7, 11) is -8.00. The lowest BCUT2D eigenvalue weighted by Gasteiger charge is -2.38. The van der Waals surface area contributed by atoms with E-state index < -0.39 is 26.5 Å². The Bertz CT molecular complexity index is 1420. The van der Waals surface area contributed by atoms with E-state index in [2.05, 4.69) is 75.5 Å². The third-order valence-electron chi connectivity index (χ3n) is 8.40. The first-order valence-corrected chi connectivity index (χ1v) is 19.9. The molecule has 0 unspecified atom stereocenters. The topological polar surface area (TPSA) is 68.2 Å². The number of carbonyl (C=O) groups excluding carboxylic acids is 1. The number of sulfonamides is 1. The van der Waals surface area contributed by atoms with Crippen LogP contribution < -0.4 is 4.39 Å². The van der Waals surface area contributed by atoms with Crippen LogP contribution in [0.2, 0.25) is 36.3 Å². The minimum Gasteiger partial charge on any atom is -0.374 e. The van der Waals surface area contributed by atoms with E-state index in [-0.39, 0.29) is 20.8 Å². The summed E-state index contributed by atoms with van der Waals surface area (Å²) >= 11 is 0. The van der Waals surface area contributed by atoms with Crippen molar-refractivity contribution in [1.29, 1.82) is 0 Å². The summed E-state index contributed by atoms with van der Waals surface area (Å²) in [6.45, 7) is 23.5. The van der Waals surface area contributed by atoms with Gasteiger partial charge in [-0.15, -0.1) is 0 Å². The Kier molecular flexibility index (Phi) is 7.20. The molecule has 3 rings (SSSR count). The molecule has 0 amide bonds. The van der Waals surface area contributed by atoms with Crippen LogP contribution in [0.1, 0.15) is 63.0 Å². The van der Waals surface area contributed by atoms with Gasteiger partial charge in [-0.25, -0.2) is 12.8 Å². The van der Waals surface area contributed by atoms with Crippen molar-refractivity contribution >= 4 is 43.2 Å². The fourth-order valence-electron chi connectivity index (χ4n) is 3.86. The first-order valence-electron chi connectivity index (χ1n) is 12.5. The number of nitrogens with one attached hydrogen (secondary N) is 1. The summed E-state index contributed by atoms with van der Waals surface area (Å²) in [5, 5.41) is 1.08. The van der Waals surface area contributed by atoms with Gasteiger partial charge in [0.1, 0.15) is 8.24 Å². The van der Waals surface area contributed by atoms with Crippen LogP contribution in [-0.4, -0.2) is 34.9 Å². The van der Waals surface area contributed by atoms with Crippen molar-refractivity contribution in [3.63, 3.8) is 0 Å². The number of rotatable bonds is 6. The van der Waals surface area contributed by atoms with Gasteiger partial charge >= 0.3 is 0 Å². The van der Waals surface area contributed by atoms with Crippen molar-refractivity contribution in [2.24, 2.45) is 0 Å². The monoisotopic (exact) mass is 542 g/mol. The van der Waals surface area contributed by atoms with Gasteiger partial charge in [-0.05, 0) is 52.3 Å². The lowest BCUT2D eigenvalue weighted by Crippen LogP contribution is -2.54. The highest BCUT2D eigenvalue weighted by Gasteiger charge is 2.40. The molecule has 1 N–H and O–H groups in total. The fourth-order valence-corrected chi connectivity index (χ4v) is 11.0. The summed E-state index contributed by atoms with van der Waals surface area (Å²) in [6, 6.07) is 12.9. The molecule has 196 valence electrons. The molecular formula is C28H42N2O3SSi2. The third-order valence-corrected chi connectivity index (χ3v) is 21.5. The van der Waals surface area contributed by atoms with E-state index in [0.717, 1.165) is 10.9 Å². The Labute approximate surface area is 219 Å². The Morgan fingerprint density at radius 2 is 1.39 bits per heavy atom. The second-order valence-corrected chi connectivity index (χ2v) is 25.2. The predicted molar refractivity (Wildman–Crippen MR) is 157 cm³/mol. The Morgan fingerprint density at radius 1 is 0.833 bits per heavy atom. The molecule has 0 bridgehead atoms. The molecule has 0 aliphatic rings. The van der Waals surface area contributed by atoms with Crippen molar-refractivity contribution in [2.45, 2.75) is 89.6 Å². The van der Waals surface area contributed by atoms with Crippen LogP contribution in [0, 0.1) is 6.92 Å². The molecule has 8 heteroatoms. The molecule has 3 aromatic rings. The number of ketones is 1. The molecule has 0 fully saturated rings. The van der Waals surface area contributed by atoms with Crippen molar-refractivity contribution in [2.75, 3.05) is 0 Å². The molecule has 0 saturated carbocycles. The summed E-state index contributed by atoms with van der Waals surface area (Å²) < 4.78 is 32.2. The Hall–Kier alpha value is -2.01. The maximum absolute atomic E-state index is 13.6. The second kappa shape index (κ2) is 9.08. The number of aromatic nitrogens is 1. The van der Waals surface area contributed by atoms with Crippen molar-refractivity contribution < 1.29 is 13.2 Å². The van der Waals surface area contributed by atoms with Gasteiger partial charge in [0.25, 0.3) is 0 Å². The largest absolute Gasteiger partial charge is 0.374 e. The lowest BCUT2D eigenvalue weighted by atomic mass is 10.0. The van der Waals surface area contributed by atoms with E-state index in [1.165, 1.54) is 6.07 Å². The summed E-state index contributed by atoms with van der Waals surface area (Å²) in [5.41, 5.74) is 2.61. The first kappa shape index (κ1) is 28.6. The number of hydrogen-bond acceptors (Lipinski definition) is 3. The van der Waals surface area contributed by atoms with Crippen LogP contribution in [0.3, 0.4) is 0 Å². The van der Waals surface area contributed by atoms with Crippen LogP contribution in [0.4, 0.5) is 0 Å². The highest BCUT2D eigenvalue weighted by molar-refractivity contribution is 7.91. The molecule has 1 aromatic heterocycles. The molecule has 0 radical (unpaired) electrons. The normalized spacial score (nSPS) is 13.9. The number of nitrogens with zero attached hydrogens (tertiary/aromatic N) is 1. The smallest absolute Gasteiger partial charge is 0.234 e. The third kappa shape index (κ3) is 5.18. The molecule has 1 heterocycles. The number of hydrogen-bond donors (Lipinski definition) is 1. The van der Waals surface area contributed by atoms with Crippen molar-refractivity contribution in [3.8, 4) is 0 Å². The molecule has 5 nitrogen and oxygen atoms in total. The average Bonchev–Trinajstić information content (AvgIpc) is 3.15. The molecule has 0 aliphatic heterocycles. The number of carbonyl (C=O) groups is 1. The highest BCUT2D eigenvalue weighted by atomic mass is 32.2. The average molecular weight is 543 g/mol. The zero-order chi connectivity index (χ0) is 27.5. The quantitative estimate of drug-likeness (QED) is 0.262. The molecule has 0 atom stereocenters. The molecule has 2 aromatic carbocycles. The SMILES string of the molecule is Cc1ccc(C(=O)c2ccc3ccn([Si](C)(C)C(C)(C)C)c3c2)cc1S(=O)(=O)N[Si](C)(C)C(C)(C)C. The van der Waals surface area contributed by atoms with E-state index in [9.17, 15) is 13.2 Å². The van der Waals surface area contributed by atoms with Gasteiger partial charge in [-0.1, -0.05) is 92.0 Å². The zero-order valence-corrected chi connectivity index (χ0v) is 26.5. The van der Waals surface area contributed by atoms with Gasteiger partial charge in [0.05, 0.1) is 4.90 Å². The van der Waals surface area contributed by atoms with Crippen LogP contribution in [0.15, 0.2) is 53.6 Å². The highest BCUT2D eigenvalue weighted by Crippen LogP contribution is 2.39. The van der Waals surface area contributed by atoms with E-state index in [0.29, 0.717) is 16.7 Å². The number of aryl methyl sites for hydroxylation is 1. The zero-order valence-electron chi connectivity index (χ0n) is 23.7. The van der Waals surface area contributed by atoms with Gasteiger partial charge in [0.15, 0.2) is 14.0 Å². The van der Waals surface area contributed by atoms with Crippen molar-refractivity contribution in [3.05, 3.63) is 65.4 Å². The van der Waals surface area contributed by atoms with Gasteiger partial charge in [0, 0.05) is 16.6 Å². The van der Waals surface area contributed by atoms with Crippen LogP contribution >= 0.6 is 0 Å². The Morgan fingerprint density at radius 3 is 1.94 bits per heavy atom. The van der Waals surface area contributed by atoms with E-state index in [1.807, 2.05) is 31.3 Å². The minimum absolute atomic E-state index is 0.135. The molecule has 0 spiro atoms. The van der Waals surface area contributed by atoms with Crippen molar-refractivity contribution in [1.82, 2.24) is 8.62 Å². The summed E-state index contributed by atoms with van der Waals surface area (Å²) in [5.74, 6) is -0.177. The van der Waals surface area contributed by atoms with Crippen LogP contribution in [-0.2, 0) is 10.0 Å². The van der Waals surface area contributed by atoms with Gasteiger partial charge in [-0.3, -0.25) is 4.79 Å². The standard InChI is InChI=1S/C28H42N2O3SSi2/c1-20-12-13-23(19-25(20)34(32,33)29-35(8,9)27(2,3)4)26(31)22-15-14-21-16-17-30(24(21)18-22)36(10,11)28(5,6)7/h12-19,29H,1-11H3. The van der Waals surface area contributed by atoms with Gasteiger partial charge in [0.2, 0.25) is 10.0 Å². The van der Waals surface area contributed by atoms with E-state index in [4.69, 9.17) is 0 Å². The van der Waals surface area contributed by atoms with Crippen LogP contribution in [0.25, 0.3) is 10.9 Å². The summed E-state index contributed by atoms with van der Waals surface area (Å²) in [6.07, 6.45) is 2.14. The Balaban J connectivity index is 2.06. The van der Waals surface area contributed by atoms with E-state index >= 15 is 0 Å². The number of fused-ring (bicyclic) bond motifs is 1. The van der Waals surface area contributed by atoms with Gasteiger partial charge in [-0.2, -0.15) is 0 Å². The van der Waals surface area contributed by atoms with Crippen LogP contribution in [0.5, 0.6) is 0 Å².